The van der Waals surface area contributed by atoms with Crippen LogP contribution in [0, 0.1) is 13.8 Å². The van der Waals surface area contributed by atoms with Gasteiger partial charge in [-0.15, -0.1) is 11.3 Å². The minimum atomic E-state index is 0.641. The number of hydrogen-bond donors (Lipinski definition) is 0. The summed E-state index contributed by atoms with van der Waals surface area (Å²) in [6.07, 6.45) is 0. The Hall–Kier alpha value is -1.80. The topological polar surface area (TPSA) is 9.23 Å². The van der Waals surface area contributed by atoms with E-state index >= 15 is 0 Å². The fourth-order valence-corrected chi connectivity index (χ4v) is 3.24. The van der Waals surface area contributed by atoms with Crippen LogP contribution in [-0.4, -0.2) is 0 Å². The number of hydrogen-bond acceptors (Lipinski definition) is 2. The molecule has 0 fully saturated rings. The van der Waals surface area contributed by atoms with Gasteiger partial charge in [0.15, 0.2) is 0 Å². The molecule has 1 heterocycles. The van der Waals surface area contributed by atoms with Gasteiger partial charge in [0.1, 0.15) is 12.4 Å². The molecule has 0 aliphatic heterocycles. The first-order valence-corrected chi connectivity index (χ1v) is 7.21. The third-order valence-corrected chi connectivity index (χ3v) is 4.27. The van der Waals surface area contributed by atoms with Crippen molar-refractivity contribution in [2.75, 3.05) is 0 Å². The van der Waals surface area contributed by atoms with Crippen molar-refractivity contribution in [3.63, 3.8) is 0 Å². The van der Waals surface area contributed by atoms with Gasteiger partial charge < -0.3 is 4.74 Å². The van der Waals surface area contributed by atoms with Gasteiger partial charge in [-0.25, -0.2) is 0 Å². The lowest BCUT2D eigenvalue weighted by molar-refractivity contribution is 0.309. The number of aryl methyl sites for hydroxylation is 2. The van der Waals surface area contributed by atoms with E-state index in [-0.39, 0.29) is 0 Å². The summed E-state index contributed by atoms with van der Waals surface area (Å²) in [7, 11) is 0. The number of ether oxygens (including phenoxy) is 1. The van der Waals surface area contributed by atoms with Gasteiger partial charge in [0, 0.05) is 9.58 Å². The second kappa shape index (κ2) is 5.06. The van der Waals surface area contributed by atoms with Crippen LogP contribution in [-0.2, 0) is 6.61 Å². The normalized spacial score (nSPS) is 10.8. The Labute approximate surface area is 117 Å². The Balaban J connectivity index is 1.80. The van der Waals surface area contributed by atoms with Crippen LogP contribution in [0.1, 0.15) is 16.0 Å². The first kappa shape index (κ1) is 12.2. The molecule has 0 amide bonds. The standard InChI is InChI=1S/C17H16OS/c1-12-5-3-7-14(9-12)18-11-15-10-16-13(2)6-4-8-17(16)19-15/h3-10H,11H2,1-2H3. The van der Waals surface area contributed by atoms with Crippen LogP contribution in [0.15, 0.2) is 48.5 Å². The van der Waals surface area contributed by atoms with Crippen molar-refractivity contribution in [3.8, 4) is 5.75 Å². The molecule has 3 rings (SSSR count). The largest absolute Gasteiger partial charge is 0.488 e. The van der Waals surface area contributed by atoms with Gasteiger partial charge in [-0.1, -0.05) is 24.3 Å². The maximum absolute atomic E-state index is 5.85. The fraction of sp³-hybridized carbons (Fsp3) is 0.176. The molecule has 0 saturated heterocycles. The number of rotatable bonds is 3. The van der Waals surface area contributed by atoms with Crippen LogP contribution >= 0.6 is 11.3 Å². The SMILES string of the molecule is Cc1cccc(OCc2cc3c(C)cccc3s2)c1. The molecule has 0 saturated carbocycles. The predicted molar refractivity (Wildman–Crippen MR) is 82.1 cm³/mol. The lowest BCUT2D eigenvalue weighted by Crippen LogP contribution is -1.92. The van der Waals surface area contributed by atoms with E-state index in [1.807, 2.05) is 23.5 Å². The van der Waals surface area contributed by atoms with Crippen molar-refractivity contribution in [1.82, 2.24) is 0 Å². The van der Waals surface area contributed by atoms with Crippen molar-refractivity contribution >= 4 is 21.4 Å². The first-order chi connectivity index (χ1) is 9.22. The molecule has 2 aromatic carbocycles. The van der Waals surface area contributed by atoms with Crippen LogP contribution in [0.5, 0.6) is 5.75 Å². The Morgan fingerprint density at radius 3 is 2.63 bits per heavy atom. The van der Waals surface area contributed by atoms with Gasteiger partial charge in [0.05, 0.1) is 0 Å². The summed E-state index contributed by atoms with van der Waals surface area (Å²) in [6, 6.07) is 16.9. The zero-order chi connectivity index (χ0) is 13.2. The van der Waals surface area contributed by atoms with E-state index in [4.69, 9.17) is 4.74 Å². The average molecular weight is 268 g/mol. The fourth-order valence-electron chi connectivity index (χ4n) is 2.19. The third-order valence-electron chi connectivity index (χ3n) is 3.20. The van der Waals surface area contributed by atoms with Crippen molar-refractivity contribution in [2.24, 2.45) is 0 Å². The highest BCUT2D eigenvalue weighted by molar-refractivity contribution is 7.19. The molecule has 2 heteroatoms. The van der Waals surface area contributed by atoms with E-state index in [0.717, 1.165) is 5.75 Å². The van der Waals surface area contributed by atoms with Crippen LogP contribution in [0.2, 0.25) is 0 Å². The third kappa shape index (κ3) is 2.64. The average Bonchev–Trinajstić information content (AvgIpc) is 2.81. The van der Waals surface area contributed by atoms with Gasteiger partial charge in [0.25, 0.3) is 0 Å². The molecule has 19 heavy (non-hydrogen) atoms. The number of thiophene rings is 1. The van der Waals surface area contributed by atoms with Gasteiger partial charge in [-0.3, -0.25) is 0 Å². The Morgan fingerprint density at radius 1 is 1.00 bits per heavy atom. The molecule has 0 radical (unpaired) electrons. The highest BCUT2D eigenvalue weighted by atomic mass is 32.1. The lowest BCUT2D eigenvalue weighted by atomic mass is 10.1. The van der Waals surface area contributed by atoms with Crippen molar-refractivity contribution in [2.45, 2.75) is 20.5 Å². The van der Waals surface area contributed by atoms with Gasteiger partial charge >= 0.3 is 0 Å². The molecule has 0 aliphatic rings. The summed E-state index contributed by atoms with van der Waals surface area (Å²) in [5.41, 5.74) is 2.56. The highest BCUT2D eigenvalue weighted by Crippen LogP contribution is 2.28. The second-order valence-corrected chi connectivity index (χ2v) is 5.97. The van der Waals surface area contributed by atoms with E-state index in [1.54, 1.807) is 0 Å². The molecule has 3 aromatic rings. The van der Waals surface area contributed by atoms with Crippen LogP contribution in [0.3, 0.4) is 0 Å². The summed E-state index contributed by atoms with van der Waals surface area (Å²) in [5.74, 6) is 0.939. The van der Waals surface area contributed by atoms with E-state index in [0.29, 0.717) is 6.61 Å². The minimum Gasteiger partial charge on any atom is -0.488 e. The minimum absolute atomic E-state index is 0.641. The Morgan fingerprint density at radius 2 is 1.84 bits per heavy atom. The van der Waals surface area contributed by atoms with E-state index in [1.165, 1.54) is 26.1 Å². The molecule has 0 spiro atoms. The van der Waals surface area contributed by atoms with E-state index in [2.05, 4.69) is 50.2 Å². The molecular weight excluding hydrogens is 252 g/mol. The summed E-state index contributed by atoms with van der Waals surface area (Å²) < 4.78 is 7.19. The Bertz CT molecular complexity index is 712. The molecule has 0 N–H and O–H groups in total. The van der Waals surface area contributed by atoms with Gasteiger partial charge in [-0.2, -0.15) is 0 Å². The molecule has 1 aromatic heterocycles. The maximum atomic E-state index is 5.85. The van der Waals surface area contributed by atoms with Crippen molar-refractivity contribution in [1.29, 1.82) is 0 Å². The van der Waals surface area contributed by atoms with Crippen molar-refractivity contribution < 1.29 is 4.74 Å². The smallest absolute Gasteiger partial charge is 0.122 e. The van der Waals surface area contributed by atoms with Crippen LogP contribution < -0.4 is 4.74 Å². The molecule has 1 nitrogen and oxygen atoms in total. The van der Waals surface area contributed by atoms with E-state index < -0.39 is 0 Å². The van der Waals surface area contributed by atoms with Gasteiger partial charge in [0.2, 0.25) is 0 Å². The van der Waals surface area contributed by atoms with Crippen LogP contribution in [0.25, 0.3) is 10.1 Å². The molecule has 96 valence electrons. The summed E-state index contributed by atoms with van der Waals surface area (Å²) in [4.78, 5) is 1.27. The van der Waals surface area contributed by atoms with Gasteiger partial charge in [-0.05, 0) is 54.6 Å². The molecule has 0 unspecified atom stereocenters. The Kier molecular flexibility index (Phi) is 3.26. The maximum Gasteiger partial charge on any atom is 0.122 e. The van der Waals surface area contributed by atoms with Crippen LogP contribution in [0.4, 0.5) is 0 Å². The monoisotopic (exact) mass is 268 g/mol. The molecule has 0 aliphatic carbocycles. The lowest BCUT2D eigenvalue weighted by Gasteiger charge is -2.04. The number of fused-ring (bicyclic) bond motifs is 1. The zero-order valence-electron chi connectivity index (χ0n) is 11.1. The summed E-state index contributed by atoms with van der Waals surface area (Å²) >= 11 is 1.81. The van der Waals surface area contributed by atoms with E-state index in [9.17, 15) is 0 Å². The molecular formula is C17H16OS. The molecule has 0 atom stereocenters. The molecule has 0 bridgehead atoms. The number of benzene rings is 2. The summed E-state index contributed by atoms with van der Waals surface area (Å²) in [6.45, 7) is 4.87. The summed E-state index contributed by atoms with van der Waals surface area (Å²) in [5, 5.41) is 1.34. The quantitative estimate of drug-likeness (QED) is 0.642. The predicted octanol–water partition coefficient (Wildman–Crippen LogP) is 5.10. The second-order valence-electron chi connectivity index (χ2n) is 4.80. The first-order valence-electron chi connectivity index (χ1n) is 6.40. The zero-order valence-corrected chi connectivity index (χ0v) is 12.0. The van der Waals surface area contributed by atoms with Crippen molar-refractivity contribution in [3.05, 3.63) is 64.5 Å². The highest BCUT2D eigenvalue weighted by Gasteiger charge is 2.04.